The van der Waals surface area contributed by atoms with Gasteiger partial charge in [0.25, 0.3) is 0 Å². The number of nitrogens with one attached hydrogen (secondary N) is 1. The van der Waals surface area contributed by atoms with Crippen LogP contribution in [0.4, 0.5) is 0 Å². The fraction of sp³-hybridized carbons (Fsp3) is 0.813. The van der Waals surface area contributed by atoms with E-state index >= 15 is 0 Å². The van der Waals surface area contributed by atoms with E-state index in [2.05, 4.69) is 79.9 Å². The van der Waals surface area contributed by atoms with Gasteiger partial charge >= 0.3 is 5.97 Å². The zero-order chi connectivity index (χ0) is 62.3. The van der Waals surface area contributed by atoms with E-state index in [1.165, 1.54) is 231 Å². The largest absolute Gasteiger partial charge is 0.466 e. The van der Waals surface area contributed by atoms with Crippen molar-refractivity contribution < 1.29 is 49.3 Å². The third kappa shape index (κ3) is 51.9. The summed E-state index contributed by atoms with van der Waals surface area (Å²) in [4.78, 5) is 25.1. The lowest BCUT2D eigenvalue weighted by molar-refractivity contribution is -0.302. The highest BCUT2D eigenvalue weighted by Crippen LogP contribution is 2.23. The van der Waals surface area contributed by atoms with E-state index < -0.39 is 49.5 Å². The molecule has 0 spiro atoms. The maximum atomic E-state index is 13.0. The first-order valence-electron chi connectivity index (χ1n) is 36.2. The molecule has 0 bridgehead atoms. The molecule has 1 amide bonds. The van der Waals surface area contributed by atoms with Gasteiger partial charge in [-0.05, 0) is 103 Å². The van der Waals surface area contributed by atoms with Crippen molar-refractivity contribution in [3.8, 4) is 0 Å². The lowest BCUT2D eigenvalue weighted by atomic mass is 9.99. The smallest absolute Gasteiger partial charge is 0.305 e. The van der Waals surface area contributed by atoms with Crippen molar-refractivity contribution >= 4 is 11.9 Å². The second-order valence-corrected chi connectivity index (χ2v) is 24.9. The van der Waals surface area contributed by atoms with E-state index in [0.717, 1.165) is 70.6 Å². The molecule has 7 atom stereocenters. The van der Waals surface area contributed by atoms with Gasteiger partial charge in [0, 0.05) is 12.8 Å². The Hall–Kier alpha value is -2.90. The standard InChI is InChI=1S/C75H135NO10/c1-3-5-7-9-11-13-14-15-40-43-47-51-55-59-63-71(80)84-64-60-56-52-48-44-41-38-36-34-32-30-28-26-24-22-20-18-16-17-19-21-23-25-27-29-31-33-35-37-39-42-46-50-54-58-62-70(79)76-67(68(78)61-57-53-49-45-12-10-8-6-4-2)66-85-75-74(83)73(82)72(81)69(65-77)86-75/h9,11-12,14-15,18,20,24,26,45,57,61,67-69,72-75,77-78,81-83H,3-8,10,13,16-17,19,21-23,25,27-44,46-56,58-60,62-66H2,1-2H3,(H,76,79)/b11-9-,15-14-,20-18-,26-24-,45-12+,61-57+. The molecule has 500 valence electrons. The number of hydrogen-bond acceptors (Lipinski definition) is 10. The summed E-state index contributed by atoms with van der Waals surface area (Å²) in [5, 5.41) is 54.3. The van der Waals surface area contributed by atoms with Crippen molar-refractivity contribution in [2.75, 3.05) is 19.8 Å². The molecule has 0 aromatic rings. The molecule has 7 unspecified atom stereocenters. The highest BCUT2D eigenvalue weighted by atomic mass is 16.7. The number of carbonyl (C=O) groups is 2. The highest BCUT2D eigenvalue weighted by Gasteiger charge is 2.44. The van der Waals surface area contributed by atoms with Crippen molar-refractivity contribution in [3.63, 3.8) is 0 Å². The molecule has 0 aromatic carbocycles. The Morgan fingerprint density at radius 3 is 1.26 bits per heavy atom. The first-order chi connectivity index (χ1) is 42.2. The van der Waals surface area contributed by atoms with Gasteiger partial charge in [-0.1, -0.05) is 286 Å². The van der Waals surface area contributed by atoms with E-state index in [4.69, 9.17) is 14.2 Å². The van der Waals surface area contributed by atoms with Crippen LogP contribution in [-0.4, -0.2) is 100 Å². The van der Waals surface area contributed by atoms with Crippen LogP contribution in [0, 0.1) is 0 Å². The molecule has 0 saturated carbocycles. The van der Waals surface area contributed by atoms with Gasteiger partial charge in [0.15, 0.2) is 6.29 Å². The summed E-state index contributed by atoms with van der Waals surface area (Å²) in [6.45, 7) is 4.25. The maximum absolute atomic E-state index is 13.0. The Bertz CT molecular complexity index is 1660. The van der Waals surface area contributed by atoms with Crippen molar-refractivity contribution in [1.29, 1.82) is 0 Å². The fourth-order valence-electron chi connectivity index (χ4n) is 11.0. The summed E-state index contributed by atoms with van der Waals surface area (Å²) in [5.41, 5.74) is 0. The second kappa shape index (κ2) is 63.7. The summed E-state index contributed by atoms with van der Waals surface area (Å²) < 4.78 is 16.7. The number of carbonyl (C=O) groups excluding carboxylic acids is 2. The van der Waals surface area contributed by atoms with Gasteiger partial charge in [-0.25, -0.2) is 0 Å². The Morgan fingerprint density at radius 2 is 0.802 bits per heavy atom. The molecule has 1 aliphatic rings. The normalized spacial score (nSPS) is 18.3. The minimum atomic E-state index is -1.58. The first-order valence-corrected chi connectivity index (χ1v) is 36.2. The number of hydrogen-bond donors (Lipinski definition) is 6. The molecule has 6 N–H and O–H groups in total. The first kappa shape index (κ1) is 81.1. The molecule has 1 fully saturated rings. The molecule has 1 rings (SSSR count). The Kier molecular flexibility index (Phi) is 60.0. The summed E-state index contributed by atoms with van der Waals surface area (Å²) in [7, 11) is 0. The molecular weight excluding hydrogens is 1070 g/mol. The highest BCUT2D eigenvalue weighted by molar-refractivity contribution is 5.76. The third-order valence-corrected chi connectivity index (χ3v) is 16.8. The molecular formula is C75H135NO10. The van der Waals surface area contributed by atoms with Crippen LogP contribution in [-0.2, 0) is 23.8 Å². The predicted molar refractivity (Wildman–Crippen MR) is 361 cm³/mol. The second-order valence-electron chi connectivity index (χ2n) is 24.9. The molecule has 11 heteroatoms. The third-order valence-electron chi connectivity index (χ3n) is 16.8. The molecule has 1 saturated heterocycles. The van der Waals surface area contributed by atoms with Gasteiger partial charge in [-0.2, -0.15) is 0 Å². The quantitative estimate of drug-likeness (QED) is 0.0195. The van der Waals surface area contributed by atoms with Crippen LogP contribution in [0.5, 0.6) is 0 Å². The topological polar surface area (TPSA) is 175 Å². The molecule has 1 aliphatic heterocycles. The van der Waals surface area contributed by atoms with Crippen LogP contribution >= 0.6 is 0 Å². The Labute approximate surface area is 528 Å². The van der Waals surface area contributed by atoms with Crippen LogP contribution in [0.25, 0.3) is 0 Å². The summed E-state index contributed by atoms with van der Waals surface area (Å²) in [5.74, 6) is -0.197. The number of aliphatic hydroxyl groups is 5. The van der Waals surface area contributed by atoms with Crippen LogP contribution in [0.3, 0.4) is 0 Å². The molecule has 0 aromatic heterocycles. The SMILES string of the molecule is CCCC/C=C\C/C=C\CCCCCCCC(=O)OCCCCCCCCCCCCC/C=C\C/C=C\CCCCCCCCCCCCCCCCCCCC(=O)NC(COC1OC(CO)C(O)C(O)C1O)C(O)/C=C/CC/C=C/CCCCC. The van der Waals surface area contributed by atoms with Crippen LogP contribution in [0.15, 0.2) is 72.9 Å². The van der Waals surface area contributed by atoms with Crippen LogP contribution < -0.4 is 5.32 Å². The maximum Gasteiger partial charge on any atom is 0.305 e. The number of amides is 1. The molecule has 0 aliphatic carbocycles. The minimum absolute atomic E-state index is 0.00528. The number of rotatable bonds is 63. The summed E-state index contributed by atoms with van der Waals surface area (Å²) >= 11 is 0. The van der Waals surface area contributed by atoms with Crippen molar-refractivity contribution in [3.05, 3.63) is 72.9 Å². The number of allylic oxidation sites excluding steroid dienone is 11. The van der Waals surface area contributed by atoms with Crippen molar-refractivity contribution in [2.24, 2.45) is 0 Å². The van der Waals surface area contributed by atoms with Crippen molar-refractivity contribution in [1.82, 2.24) is 5.32 Å². The predicted octanol–water partition coefficient (Wildman–Crippen LogP) is 18.7. The lowest BCUT2D eigenvalue weighted by Crippen LogP contribution is -2.60. The van der Waals surface area contributed by atoms with Gasteiger partial charge in [-0.15, -0.1) is 0 Å². The van der Waals surface area contributed by atoms with Gasteiger partial charge in [0.2, 0.25) is 5.91 Å². The summed E-state index contributed by atoms with van der Waals surface area (Å²) in [6, 6.07) is -0.825. The fourth-order valence-corrected chi connectivity index (χ4v) is 11.0. The minimum Gasteiger partial charge on any atom is -0.466 e. The van der Waals surface area contributed by atoms with Gasteiger partial charge in [-0.3, -0.25) is 9.59 Å². The average Bonchev–Trinajstić information content (AvgIpc) is 3.57. The van der Waals surface area contributed by atoms with Gasteiger partial charge < -0.3 is 45.1 Å². The molecule has 11 nitrogen and oxygen atoms in total. The molecule has 1 heterocycles. The van der Waals surface area contributed by atoms with E-state index in [0.29, 0.717) is 19.4 Å². The van der Waals surface area contributed by atoms with Gasteiger partial charge in [0.1, 0.15) is 24.4 Å². The molecule has 0 radical (unpaired) electrons. The Morgan fingerprint density at radius 1 is 0.430 bits per heavy atom. The van der Waals surface area contributed by atoms with Crippen LogP contribution in [0.1, 0.15) is 328 Å². The van der Waals surface area contributed by atoms with E-state index in [-0.39, 0.29) is 18.5 Å². The number of esters is 1. The van der Waals surface area contributed by atoms with Gasteiger partial charge in [0.05, 0.1) is 32.0 Å². The number of ether oxygens (including phenoxy) is 3. The van der Waals surface area contributed by atoms with E-state index in [1.807, 2.05) is 6.08 Å². The molecule has 86 heavy (non-hydrogen) atoms. The number of aliphatic hydroxyl groups excluding tert-OH is 5. The monoisotopic (exact) mass is 1210 g/mol. The zero-order valence-electron chi connectivity index (χ0n) is 55.5. The zero-order valence-corrected chi connectivity index (χ0v) is 55.5. The van der Waals surface area contributed by atoms with Crippen LogP contribution in [0.2, 0.25) is 0 Å². The van der Waals surface area contributed by atoms with E-state index in [9.17, 15) is 35.1 Å². The van der Waals surface area contributed by atoms with E-state index in [1.54, 1.807) is 6.08 Å². The summed E-state index contributed by atoms with van der Waals surface area (Å²) in [6.07, 6.45) is 76.4. The average molecular weight is 1210 g/mol. The van der Waals surface area contributed by atoms with Crippen molar-refractivity contribution in [2.45, 2.75) is 371 Å². The lowest BCUT2D eigenvalue weighted by Gasteiger charge is -2.40. The number of unbranched alkanes of at least 4 members (excludes halogenated alkanes) is 39. The Balaban J connectivity index is 1.91.